The standard InChI is InChI=1S/C11H10ClFN2O2/c1-6(15-11(17)5-10(14)16)7-2-3-8(12)9(13)4-7/h2-5,15,17H,1H2,(H2,14,16). The number of benzene rings is 1. The first kappa shape index (κ1) is 13.1. The first-order chi connectivity index (χ1) is 7.90. The molecule has 0 bridgehead atoms. The zero-order valence-electron chi connectivity index (χ0n) is 8.71. The summed E-state index contributed by atoms with van der Waals surface area (Å²) in [5, 5.41) is 11.6. The van der Waals surface area contributed by atoms with Crippen LogP contribution in [0.4, 0.5) is 4.39 Å². The van der Waals surface area contributed by atoms with Crippen molar-refractivity contribution >= 4 is 23.2 Å². The smallest absolute Gasteiger partial charge is 0.246 e. The number of nitrogens with one attached hydrogen (secondary N) is 1. The molecular formula is C11H10ClFN2O2. The summed E-state index contributed by atoms with van der Waals surface area (Å²) in [5.74, 6) is -1.89. The highest BCUT2D eigenvalue weighted by atomic mass is 35.5. The van der Waals surface area contributed by atoms with Crippen molar-refractivity contribution in [3.8, 4) is 0 Å². The van der Waals surface area contributed by atoms with Crippen LogP contribution in [0, 0.1) is 5.82 Å². The molecule has 0 atom stereocenters. The Morgan fingerprint density at radius 2 is 2.24 bits per heavy atom. The van der Waals surface area contributed by atoms with Crippen LogP contribution < -0.4 is 11.1 Å². The minimum absolute atomic E-state index is 0.0153. The fraction of sp³-hybridized carbons (Fsp3) is 0. The normalized spacial score (nSPS) is 11.1. The van der Waals surface area contributed by atoms with Crippen molar-refractivity contribution in [1.82, 2.24) is 5.32 Å². The minimum Gasteiger partial charge on any atom is -0.494 e. The molecule has 1 aromatic carbocycles. The zero-order valence-corrected chi connectivity index (χ0v) is 9.46. The lowest BCUT2D eigenvalue weighted by atomic mass is 10.1. The first-order valence-electron chi connectivity index (χ1n) is 4.51. The van der Waals surface area contributed by atoms with Crippen LogP contribution in [0.25, 0.3) is 5.70 Å². The number of carbonyl (C=O) groups excluding carboxylic acids is 1. The maximum absolute atomic E-state index is 13.1. The van der Waals surface area contributed by atoms with E-state index in [0.717, 1.165) is 12.1 Å². The molecule has 0 unspecified atom stereocenters. The number of primary amides is 1. The van der Waals surface area contributed by atoms with Gasteiger partial charge in [-0.3, -0.25) is 4.79 Å². The van der Waals surface area contributed by atoms with Crippen LogP contribution in [-0.4, -0.2) is 11.0 Å². The van der Waals surface area contributed by atoms with E-state index in [4.69, 9.17) is 17.3 Å². The maximum atomic E-state index is 13.1. The van der Waals surface area contributed by atoms with Crippen LogP contribution in [-0.2, 0) is 4.79 Å². The van der Waals surface area contributed by atoms with Crippen molar-refractivity contribution < 1.29 is 14.3 Å². The largest absolute Gasteiger partial charge is 0.494 e. The minimum atomic E-state index is -0.815. The summed E-state index contributed by atoms with van der Waals surface area (Å²) in [4.78, 5) is 10.5. The number of aliphatic hydroxyl groups excluding tert-OH is 1. The molecule has 4 nitrogen and oxygen atoms in total. The molecule has 17 heavy (non-hydrogen) atoms. The predicted molar refractivity (Wildman–Crippen MR) is 63.5 cm³/mol. The van der Waals surface area contributed by atoms with Crippen molar-refractivity contribution in [1.29, 1.82) is 0 Å². The SMILES string of the molecule is C=C(NC(O)=CC(N)=O)c1ccc(Cl)c(F)c1. The van der Waals surface area contributed by atoms with E-state index in [0.29, 0.717) is 5.56 Å². The Morgan fingerprint density at radius 3 is 2.76 bits per heavy atom. The van der Waals surface area contributed by atoms with E-state index < -0.39 is 17.6 Å². The molecule has 1 aromatic rings. The summed E-state index contributed by atoms with van der Waals surface area (Å²) in [6.45, 7) is 3.57. The van der Waals surface area contributed by atoms with Gasteiger partial charge in [-0.05, 0) is 12.1 Å². The number of hydrogen-bond donors (Lipinski definition) is 3. The molecule has 0 fully saturated rings. The Hall–Kier alpha value is -2.01. The fourth-order valence-electron chi connectivity index (χ4n) is 1.08. The van der Waals surface area contributed by atoms with Gasteiger partial charge >= 0.3 is 0 Å². The zero-order chi connectivity index (χ0) is 13.0. The average molecular weight is 257 g/mol. The highest BCUT2D eigenvalue weighted by Gasteiger charge is 2.05. The first-order valence-corrected chi connectivity index (χ1v) is 4.89. The highest BCUT2D eigenvalue weighted by Crippen LogP contribution is 2.19. The molecule has 0 heterocycles. The van der Waals surface area contributed by atoms with E-state index in [1.54, 1.807) is 0 Å². The van der Waals surface area contributed by atoms with Crippen molar-refractivity contribution in [2.75, 3.05) is 0 Å². The molecule has 0 saturated carbocycles. The van der Waals surface area contributed by atoms with Crippen molar-refractivity contribution in [3.63, 3.8) is 0 Å². The summed E-state index contributed by atoms with van der Waals surface area (Å²) in [7, 11) is 0. The molecule has 1 rings (SSSR count). The second-order valence-electron chi connectivity index (χ2n) is 3.16. The topological polar surface area (TPSA) is 75.3 Å². The van der Waals surface area contributed by atoms with E-state index in [9.17, 15) is 14.3 Å². The van der Waals surface area contributed by atoms with E-state index in [-0.39, 0.29) is 10.7 Å². The molecule has 0 aromatic heterocycles. The number of nitrogens with two attached hydrogens (primary N) is 1. The Balaban J connectivity index is 2.84. The fourth-order valence-corrected chi connectivity index (χ4v) is 1.20. The van der Waals surface area contributed by atoms with Gasteiger partial charge in [0, 0.05) is 11.3 Å². The van der Waals surface area contributed by atoms with Gasteiger partial charge in [0.05, 0.1) is 11.1 Å². The highest BCUT2D eigenvalue weighted by molar-refractivity contribution is 6.30. The molecular weight excluding hydrogens is 247 g/mol. The van der Waals surface area contributed by atoms with E-state index >= 15 is 0 Å². The molecule has 0 aliphatic carbocycles. The molecule has 0 spiro atoms. The van der Waals surface area contributed by atoms with Crippen LogP contribution in [0.1, 0.15) is 5.56 Å². The van der Waals surface area contributed by atoms with Gasteiger partial charge in [0.1, 0.15) is 5.82 Å². The van der Waals surface area contributed by atoms with Gasteiger partial charge in [-0.1, -0.05) is 24.2 Å². The lowest BCUT2D eigenvalue weighted by Crippen LogP contribution is -2.15. The summed E-state index contributed by atoms with van der Waals surface area (Å²) in [6.07, 6.45) is 0.775. The van der Waals surface area contributed by atoms with Gasteiger partial charge in [-0.25, -0.2) is 4.39 Å². The van der Waals surface area contributed by atoms with Crippen LogP contribution in [0.3, 0.4) is 0 Å². The second kappa shape index (κ2) is 5.36. The Kier molecular flexibility index (Phi) is 4.12. The maximum Gasteiger partial charge on any atom is 0.246 e. The van der Waals surface area contributed by atoms with Crippen LogP contribution in [0.2, 0.25) is 5.02 Å². The van der Waals surface area contributed by atoms with Gasteiger partial charge in [0.15, 0.2) is 5.88 Å². The third-order valence-corrected chi connectivity index (χ3v) is 2.13. The lowest BCUT2D eigenvalue weighted by molar-refractivity contribution is -0.113. The Bertz CT molecular complexity index is 500. The number of rotatable bonds is 4. The van der Waals surface area contributed by atoms with Crippen LogP contribution in [0.5, 0.6) is 0 Å². The van der Waals surface area contributed by atoms with Gasteiger partial charge in [-0.15, -0.1) is 0 Å². The van der Waals surface area contributed by atoms with Crippen molar-refractivity contribution in [2.45, 2.75) is 0 Å². The van der Waals surface area contributed by atoms with Crippen LogP contribution >= 0.6 is 11.6 Å². The van der Waals surface area contributed by atoms with Gasteiger partial charge < -0.3 is 16.2 Å². The van der Waals surface area contributed by atoms with E-state index in [1.165, 1.54) is 12.1 Å². The lowest BCUT2D eigenvalue weighted by Gasteiger charge is -2.08. The molecule has 6 heteroatoms. The van der Waals surface area contributed by atoms with Gasteiger partial charge in [-0.2, -0.15) is 0 Å². The quantitative estimate of drug-likeness (QED) is 0.569. The molecule has 0 aliphatic heterocycles. The monoisotopic (exact) mass is 256 g/mol. The third-order valence-electron chi connectivity index (χ3n) is 1.83. The molecule has 1 amide bonds. The summed E-state index contributed by atoms with van der Waals surface area (Å²) < 4.78 is 13.1. The Morgan fingerprint density at radius 1 is 1.59 bits per heavy atom. The average Bonchev–Trinajstić information content (AvgIpc) is 2.20. The third kappa shape index (κ3) is 3.81. The van der Waals surface area contributed by atoms with E-state index in [2.05, 4.69) is 11.9 Å². The predicted octanol–water partition coefficient (Wildman–Crippen LogP) is 1.92. The number of hydrogen-bond acceptors (Lipinski definition) is 3. The Labute approximate surface area is 102 Å². The van der Waals surface area contributed by atoms with Gasteiger partial charge in [0.25, 0.3) is 0 Å². The van der Waals surface area contributed by atoms with E-state index in [1.807, 2.05) is 0 Å². The molecule has 0 saturated heterocycles. The number of carbonyl (C=O) groups is 1. The summed E-state index contributed by atoms with van der Waals surface area (Å²) in [6, 6.07) is 4.02. The molecule has 90 valence electrons. The molecule has 4 N–H and O–H groups in total. The number of halogens is 2. The molecule has 0 radical (unpaired) electrons. The van der Waals surface area contributed by atoms with Gasteiger partial charge in [0.2, 0.25) is 5.91 Å². The summed E-state index contributed by atoms with van der Waals surface area (Å²) >= 11 is 5.51. The number of aliphatic hydroxyl groups is 1. The van der Waals surface area contributed by atoms with Crippen LogP contribution in [0.15, 0.2) is 36.7 Å². The number of amides is 1. The second-order valence-corrected chi connectivity index (χ2v) is 3.57. The van der Waals surface area contributed by atoms with Crippen molar-refractivity contribution in [2.24, 2.45) is 5.73 Å². The molecule has 0 aliphatic rings. The van der Waals surface area contributed by atoms with Crippen molar-refractivity contribution in [3.05, 3.63) is 53.1 Å². The summed E-state index contributed by atoms with van der Waals surface area (Å²) in [5.41, 5.74) is 5.42.